The van der Waals surface area contributed by atoms with Crippen molar-refractivity contribution >= 4 is 16.6 Å². The molecule has 1 atom stereocenters. The molecule has 0 bridgehead atoms. The van der Waals surface area contributed by atoms with E-state index in [0.717, 1.165) is 18.4 Å². The molecular weight excluding hydrogens is 575 g/mol. The lowest BCUT2D eigenvalue weighted by molar-refractivity contribution is -0.384. The van der Waals surface area contributed by atoms with Crippen LogP contribution in [-0.4, -0.2) is 58.0 Å². The summed E-state index contributed by atoms with van der Waals surface area (Å²) in [6.07, 6.45) is -1.09. The van der Waals surface area contributed by atoms with Gasteiger partial charge in [0.25, 0.3) is 5.69 Å². The highest BCUT2D eigenvalue weighted by atomic mass is 19.4. The topological polar surface area (TPSA) is 90.0 Å². The lowest BCUT2D eigenvalue weighted by Crippen LogP contribution is -2.53. The molecule has 0 saturated carbocycles. The van der Waals surface area contributed by atoms with E-state index in [1.807, 2.05) is 54.6 Å². The minimum Gasteiger partial charge on any atom is -0.490 e. The summed E-state index contributed by atoms with van der Waals surface area (Å²) in [5.74, 6) is 1.25. The first-order valence-electron chi connectivity index (χ1n) is 14.8. The van der Waals surface area contributed by atoms with Crippen LogP contribution in [0.25, 0.3) is 10.9 Å². The molecule has 0 radical (unpaired) electrons. The van der Waals surface area contributed by atoms with Crippen LogP contribution < -0.4 is 9.47 Å². The molecule has 44 heavy (non-hydrogen) atoms. The summed E-state index contributed by atoms with van der Waals surface area (Å²) >= 11 is 0. The number of hydrogen-bond acceptors (Lipinski definition) is 6. The van der Waals surface area contributed by atoms with Crippen LogP contribution in [0.15, 0.2) is 79.0 Å². The molecular formula is C33H36F3N3O5. The number of aliphatic hydroxyl groups is 1. The smallest absolute Gasteiger partial charge is 0.422 e. The summed E-state index contributed by atoms with van der Waals surface area (Å²) in [7, 11) is 0. The Morgan fingerprint density at radius 1 is 1.00 bits per heavy atom. The van der Waals surface area contributed by atoms with Crippen LogP contribution >= 0.6 is 0 Å². The first kappa shape index (κ1) is 31.3. The first-order valence-corrected chi connectivity index (χ1v) is 14.8. The molecule has 1 aliphatic heterocycles. The average Bonchev–Trinajstić information content (AvgIpc) is 3.37. The van der Waals surface area contributed by atoms with Gasteiger partial charge in [-0.15, -0.1) is 0 Å². The Balaban J connectivity index is 1.37. The molecule has 3 aromatic carbocycles. The number of nitrogens with zero attached hydrogens (tertiary/aromatic N) is 3. The number of non-ortho nitro benzene ring substituents is 1. The molecule has 1 saturated heterocycles. The van der Waals surface area contributed by atoms with Gasteiger partial charge in [-0.05, 0) is 43.0 Å². The minimum atomic E-state index is -5.01. The number of unbranched alkanes of at least 4 members (excludes halogenated alkanes) is 1. The van der Waals surface area contributed by atoms with Crippen LogP contribution in [0.4, 0.5) is 18.9 Å². The zero-order valence-corrected chi connectivity index (χ0v) is 24.5. The number of ether oxygens (including phenoxy) is 2. The number of rotatable bonds is 12. The van der Waals surface area contributed by atoms with Crippen molar-refractivity contribution in [1.82, 2.24) is 9.47 Å². The Hall–Kier alpha value is -4.09. The van der Waals surface area contributed by atoms with Gasteiger partial charge in [0, 0.05) is 55.5 Å². The van der Waals surface area contributed by atoms with Gasteiger partial charge in [0.2, 0.25) is 5.60 Å². The number of β-amino-alcohol motifs (C(OH)–C–C–N with tert-alkyl or cyclic N) is 1. The Morgan fingerprint density at radius 2 is 1.68 bits per heavy atom. The number of nitro groups is 1. The molecule has 8 nitrogen and oxygen atoms in total. The van der Waals surface area contributed by atoms with Gasteiger partial charge in [-0.3, -0.25) is 15.0 Å². The summed E-state index contributed by atoms with van der Waals surface area (Å²) in [6, 6.07) is 20.2. The molecule has 1 aliphatic rings. The highest BCUT2D eigenvalue weighted by molar-refractivity contribution is 5.87. The summed E-state index contributed by atoms with van der Waals surface area (Å²) in [5, 5.41) is 23.1. The van der Waals surface area contributed by atoms with E-state index in [2.05, 4.69) is 6.92 Å². The van der Waals surface area contributed by atoms with Gasteiger partial charge in [-0.25, -0.2) is 0 Å². The van der Waals surface area contributed by atoms with Gasteiger partial charge in [0.15, 0.2) is 11.5 Å². The number of likely N-dealkylation sites (tertiary alicyclic amines) is 1. The van der Waals surface area contributed by atoms with Crippen molar-refractivity contribution in [2.75, 3.05) is 26.2 Å². The van der Waals surface area contributed by atoms with Crippen LogP contribution in [-0.2, 0) is 12.1 Å². The summed E-state index contributed by atoms with van der Waals surface area (Å²) < 4.78 is 58.0. The summed E-state index contributed by atoms with van der Waals surface area (Å²) in [4.78, 5) is 12.5. The van der Waals surface area contributed by atoms with Crippen molar-refractivity contribution in [3.63, 3.8) is 0 Å². The second-order valence-corrected chi connectivity index (χ2v) is 11.2. The number of piperidine rings is 1. The molecule has 0 spiro atoms. The molecule has 1 unspecified atom stereocenters. The van der Waals surface area contributed by atoms with E-state index in [9.17, 15) is 28.4 Å². The fraction of sp³-hybridized carbons (Fsp3) is 0.394. The summed E-state index contributed by atoms with van der Waals surface area (Å²) in [6.45, 7) is 2.72. The van der Waals surface area contributed by atoms with Crippen molar-refractivity contribution in [2.45, 2.75) is 57.0 Å². The standard InChI is InChI=1S/C33H36F3N3O5/c1-2-3-19-43-30-11-7-8-12-31(30)44-26-15-17-37(18-16-26)23-32(40,33(34,35)36)28-22-38(21-24-9-5-4-6-10-24)29-20-25(39(41)42)13-14-27(28)29/h4-14,20,22,26,40H,2-3,15-19,21,23H2,1H3. The predicted molar refractivity (Wildman–Crippen MR) is 161 cm³/mol. The second-order valence-electron chi connectivity index (χ2n) is 11.2. The van der Waals surface area contributed by atoms with Gasteiger partial charge in [0.05, 0.1) is 17.0 Å². The predicted octanol–water partition coefficient (Wildman–Crippen LogP) is 7.07. The molecule has 11 heteroatoms. The van der Waals surface area contributed by atoms with Crippen LogP contribution in [0.5, 0.6) is 11.5 Å². The first-order chi connectivity index (χ1) is 21.1. The highest BCUT2D eigenvalue weighted by Gasteiger charge is 2.57. The zero-order chi connectivity index (χ0) is 31.3. The molecule has 1 fully saturated rings. The molecule has 5 rings (SSSR count). The third-order valence-electron chi connectivity index (χ3n) is 8.07. The molecule has 1 aromatic heterocycles. The maximum Gasteiger partial charge on any atom is 0.422 e. The van der Waals surface area contributed by atoms with Crippen LogP contribution in [0.3, 0.4) is 0 Å². The van der Waals surface area contributed by atoms with Gasteiger partial charge >= 0.3 is 6.18 Å². The Kier molecular flexibility index (Phi) is 9.45. The van der Waals surface area contributed by atoms with Crippen LogP contribution in [0.1, 0.15) is 43.7 Å². The van der Waals surface area contributed by atoms with Crippen LogP contribution in [0, 0.1) is 10.1 Å². The molecule has 4 aromatic rings. The van der Waals surface area contributed by atoms with E-state index in [-0.39, 0.29) is 47.9 Å². The lowest BCUT2D eigenvalue weighted by Gasteiger charge is -2.39. The fourth-order valence-electron chi connectivity index (χ4n) is 5.64. The fourth-order valence-corrected chi connectivity index (χ4v) is 5.64. The van der Waals surface area contributed by atoms with E-state index in [1.54, 1.807) is 4.90 Å². The zero-order valence-electron chi connectivity index (χ0n) is 24.5. The van der Waals surface area contributed by atoms with Crippen molar-refractivity contribution < 1.29 is 32.7 Å². The van der Waals surface area contributed by atoms with Crippen molar-refractivity contribution in [3.05, 3.63) is 100 Å². The number of fused-ring (bicyclic) bond motifs is 1. The van der Waals surface area contributed by atoms with Gasteiger partial charge in [-0.2, -0.15) is 13.2 Å². The minimum absolute atomic E-state index is 0.115. The largest absolute Gasteiger partial charge is 0.490 e. The number of para-hydroxylation sites is 2. The van der Waals surface area contributed by atoms with E-state index >= 15 is 0 Å². The third-order valence-corrected chi connectivity index (χ3v) is 8.07. The molecule has 2 heterocycles. The lowest BCUT2D eigenvalue weighted by atomic mass is 9.91. The van der Waals surface area contributed by atoms with Gasteiger partial charge < -0.3 is 19.1 Å². The number of nitro benzene ring substituents is 1. The van der Waals surface area contributed by atoms with E-state index in [4.69, 9.17) is 9.47 Å². The van der Waals surface area contributed by atoms with E-state index in [0.29, 0.717) is 30.9 Å². The molecule has 234 valence electrons. The van der Waals surface area contributed by atoms with Crippen molar-refractivity contribution in [2.24, 2.45) is 0 Å². The SMILES string of the molecule is CCCCOc1ccccc1OC1CCN(CC(O)(c2cn(Cc3ccccc3)c3cc([N+](=O)[O-])ccc23)C(F)(F)F)CC1. The average molecular weight is 612 g/mol. The number of halogens is 3. The number of aromatic nitrogens is 1. The molecule has 1 N–H and O–H groups in total. The molecule has 0 aliphatic carbocycles. The van der Waals surface area contributed by atoms with Crippen LogP contribution in [0.2, 0.25) is 0 Å². The maximum atomic E-state index is 14.8. The van der Waals surface area contributed by atoms with Crippen molar-refractivity contribution in [1.29, 1.82) is 0 Å². The summed E-state index contributed by atoms with van der Waals surface area (Å²) in [5.41, 5.74) is -2.74. The Labute approximate surface area is 253 Å². The number of alkyl halides is 3. The molecule has 0 amide bonds. The van der Waals surface area contributed by atoms with E-state index in [1.165, 1.54) is 29.0 Å². The monoisotopic (exact) mass is 611 g/mol. The second kappa shape index (κ2) is 13.3. The Bertz CT molecular complexity index is 1570. The maximum absolute atomic E-state index is 14.8. The number of benzene rings is 3. The Morgan fingerprint density at radius 3 is 2.34 bits per heavy atom. The quantitative estimate of drug-likeness (QED) is 0.105. The van der Waals surface area contributed by atoms with Gasteiger partial charge in [-0.1, -0.05) is 55.8 Å². The highest BCUT2D eigenvalue weighted by Crippen LogP contribution is 2.44. The van der Waals surface area contributed by atoms with Gasteiger partial charge in [0.1, 0.15) is 6.10 Å². The third kappa shape index (κ3) is 6.84. The van der Waals surface area contributed by atoms with E-state index < -0.39 is 23.2 Å². The number of hydrogen-bond donors (Lipinski definition) is 1. The van der Waals surface area contributed by atoms with Crippen molar-refractivity contribution in [3.8, 4) is 11.5 Å². The normalized spacial score (nSPS) is 16.1.